The maximum absolute atomic E-state index is 13.5. The molecule has 1 heterocycles. The molecule has 0 unspecified atom stereocenters. The van der Waals surface area contributed by atoms with Crippen LogP contribution >= 0.6 is 11.8 Å². The van der Waals surface area contributed by atoms with E-state index in [1.807, 2.05) is 0 Å². The lowest BCUT2D eigenvalue weighted by Crippen LogP contribution is -2.17. The van der Waals surface area contributed by atoms with Crippen LogP contribution in [0.4, 0.5) is 14.5 Å². The molecule has 0 saturated heterocycles. The highest BCUT2D eigenvalue weighted by Gasteiger charge is 2.15. The number of anilines is 1. The Balaban J connectivity index is 2.02. The molecule has 0 radical (unpaired) electrons. The maximum Gasteiger partial charge on any atom is 0.235 e. The Bertz CT molecular complexity index is 716. The Hall–Kier alpha value is -2.26. The largest absolute Gasteiger partial charge is 0.377 e. The zero-order valence-corrected chi connectivity index (χ0v) is 13.8. The first-order chi connectivity index (χ1) is 11.6. The van der Waals surface area contributed by atoms with Crippen molar-refractivity contribution < 1.29 is 18.3 Å². The third-order valence-corrected chi connectivity index (χ3v) is 3.90. The summed E-state index contributed by atoms with van der Waals surface area (Å²) in [7, 11) is 1.54. The number of hydrogen-bond donors (Lipinski definition) is 1. The van der Waals surface area contributed by atoms with Gasteiger partial charge in [-0.05, 0) is 12.1 Å². The number of allylic oxidation sites excluding steroid dienone is 1. The topological polar surface area (TPSA) is 69.0 Å². The quantitative estimate of drug-likeness (QED) is 0.583. The number of carbonyl (C=O) groups is 1. The fourth-order valence-electron chi connectivity index (χ4n) is 1.90. The van der Waals surface area contributed by atoms with Crippen molar-refractivity contribution in [3.8, 4) is 0 Å². The number of nitrogens with one attached hydrogen (secondary N) is 1. The van der Waals surface area contributed by atoms with E-state index in [1.54, 1.807) is 10.6 Å². The maximum atomic E-state index is 13.5. The number of rotatable bonds is 8. The van der Waals surface area contributed by atoms with Gasteiger partial charge in [-0.25, -0.2) is 8.78 Å². The summed E-state index contributed by atoms with van der Waals surface area (Å²) in [6, 6.07) is 3.37. The van der Waals surface area contributed by atoms with Crippen LogP contribution in [0.1, 0.15) is 5.82 Å². The van der Waals surface area contributed by atoms with Crippen molar-refractivity contribution in [3.63, 3.8) is 0 Å². The zero-order chi connectivity index (χ0) is 17.5. The molecule has 9 heteroatoms. The summed E-state index contributed by atoms with van der Waals surface area (Å²) in [5.74, 6) is -1.68. The van der Waals surface area contributed by atoms with Gasteiger partial charge in [0.05, 0.1) is 5.75 Å². The Morgan fingerprint density at radius 2 is 2.12 bits per heavy atom. The van der Waals surface area contributed by atoms with Crippen LogP contribution in [0.3, 0.4) is 0 Å². The molecule has 0 saturated carbocycles. The number of hydrogen-bond acceptors (Lipinski definition) is 5. The fraction of sp³-hybridized carbons (Fsp3) is 0.267. The van der Waals surface area contributed by atoms with Crippen LogP contribution in [0.2, 0.25) is 0 Å². The Labute approximate surface area is 141 Å². The van der Waals surface area contributed by atoms with E-state index in [-0.39, 0.29) is 12.4 Å². The standard InChI is InChI=1S/C15H16F2N4O2S/c1-3-7-21-12(8-23-2)19-20-15(21)24-9-13(22)18-14-10(16)5-4-6-11(14)17/h3-6H,1,7-9H2,2H3,(H,18,22). The van der Waals surface area contributed by atoms with Crippen molar-refractivity contribution >= 4 is 23.4 Å². The summed E-state index contributed by atoms with van der Waals surface area (Å²) in [5, 5.41) is 10.7. The van der Waals surface area contributed by atoms with Crippen molar-refractivity contribution in [1.82, 2.24) is 14.8 Å². The van der Waals surface area contributed by atoms with E-state index in [9.17, 15) is 13.6 Å². The molecular weight excluding hydrogens is 338 g/mol. The van der Waals surface area contributed by atoms with Crippen LogP contribution in [0.15, 0.2) is 36.0 Å². The van der Waals surface area contributed by atoms with E-state index in [2.05, 4.69) is 22.1 Å². The number of halogens is 2. The number of methoxy groups -OCH3 is 1. The summed E-state index contributed by atoms with van der Waals surface area (Å²) < 4.78 is 33.8. The number of para-hydroxylation sites is 1. The predicted molar refractivity (Wildman–Crippen MR) is 86.6 cm³/mol. The van der Waals surface area contributed by atoms with Gasteiger partial charge in [0.2, 0.25) is 5.91 Å². The van der Waals surface area contributed by atoms with Crippen LogP contribution in [-0.4, -0.2) is 33.5 Å². The molecule has 6 nitrogen and oxygen atoms in total. The molecule has 0 aliphatic carbocycles. The Kier molecular flexibility index (Phi) is 6.44. The molecule has 0 fully saturated rings. The van der Waals surface area contributed by atoms with Gasteiger partial charge in [0.1, 0.15) is 23.9 Å². The van der Waals surface area contributed by atoms with Crippen molar-refractivity contribution in [1.29, 1.82) is 0 Å². The molecular formula is C15H16F2N4O2S. The van der Waals surface area contributed by atoms with Gasteiger partial charge in [-0.15, -0.1) is 16.8 Å². The van der Waals surface area contributed by atoms with Crippen LogP contribution in [0, 0.1) is 11.6 Å². The average Bonchev–Trinajstić information content (AvgIpc) is 2.92. The van der Waals surface area contributed by atoms with E-state index in [0.717, 1.165) is 23.9 Å². The summed E-state index contributed by atoms with van der Waals surface area (Å²) >= 11 is 1.10. The van der Waals surface area contributed by atoms with Gasteiger partial charge >= 0.3 is 0 Å². The number of aromatic nitrogens is 3. The van der Waals surface area contributed by atoms with Gasteiger partial charge in [-0.1, -0.05) is 23.9 Å². The second-order valence-electron chi connectivity index (χ2n) is 4.66. The van der Waals surface area contributed by atoms with Crippen LogP contribution < -0.4 is 5.32 Å². The molecule has 0 aliphatic heterocycles. The molecule has 0 spiro atoms. The molecule has 0 bridgehead atoms. The molecule has 0 atom stereocenters. The highest BCUT2D eigenvalue weighted by atomic mass is 32.2. The molecule has 2 aromatic rings. The number of amides is 1. The zero-order valence-electron chi connectivity index (χ0n) is 13.0. The van der Waals surface area contributed by atoms with Crippen LogP contribution in [-0.2, 0) is 22.7 Å². The average molecular weight is 354 g/mol. The first-order valence-corrected chi connectivity index (χ1v) is 7.94. The lowest BCUT2D eigenvalue weighted by atomic mass is 10.3. The summed E-state index contributed by atoms with van der Waals surface area (Å²) in [6.45, 7) is 4.39. The first kappa shape index (κ1) is 18.1. The highest BCUT2D eigenvalue weighted by molar-refractivity contribution is 7.99. The molecule has 128 valence electrons. The van der Waals surface area contributed by atoms with Crippen molar-refractivity contribution in [2.24, 2.45) is 0 Å². The third kappa shape index (κ3) is 4.39. The van der Waals surface area contributed by atoms with Gasteiger partial charge in [-0.3, -0.25) is 4.79 Å². The van der Waals surface area contributed by atoms with Crippen molar-refractivity contribution in [2.75, 3.05) is 18.2 Å². The molecule has 0 aliphatic rings. The SMILES string of the molecule is C=CCn1c(COC)nnc1SCC(=O)Nc1c(F)cccc1F. The minimum Gasteiger partial charge on any atom is -0.377 e. The van der Waals surface area contributed by atoms with Crippen LogP contribution in [0.25, 0.3) is 0 Å². The van der Waals surface area contributed by atoms with E-state index < -0.39 is 23.2 Å². The lowest BCUT2D eigenvalue weighted by molar-refractivity contribution is -0.113. The number of ether oxygens (including phenoxy) is 1. The first-order valence-electron chi connectivity index (χ1n) is 6.95. The van der Waals surface area contributed by atoms with Crippen LogP contribution in [0.5, 0.6) is 0 Å². The summed E-state index contributed by atoms with van der Waals surface area (Å²) in [5.41, 5.74) is -0.462. The number of carbonyl (C=O) groups excluding carboxylic acids is 1. The summed E-state index contributed by atoms with van der Waals surface area (Å²) in [6.07, 6.45) is 1.67. The smallest absolute Gasteiger partial charge is 0.235 e. The molecule has 1 amide bonds. The minimum atomic E-state index is -0.828. The normalized spacial score (nSPS) is 10.6. The molecule has 1 aromatic carbocycles. The Morgan fingerprint density at radius 3 is 2.75 bits per heavy atom. The van der Waals surface area contributed by atoms with Gasteiger partial charge in [0.25, 0.3) is 0 Å². The third-order valence-electron chi connectivity index (χ3n) is 2.94. The fourth-order valence-corrected chi connectivity index (χ4v) is 2.66. The second kappa shape index (κ2) is 8.55. The lowest BCUT2D eigenvalue weighted by Gasteiger charge is -2.08. The van der Waals surface area contributed by atoms with Gasteiger partial charge in [0.15, 0.2) is 11.0 Å². The minimum absolute atomic E-state index is 0.0734. The van der Waals surface area contributed by atoms with E-state index in [4.69, 9.17) is 4.74 Å². The highest BCUT2D eigenvalue weighted by Crippen LogP contribution is 2.21. The molecule has 1 N–H and O–H groups in total. The summed E-state index contributed by atoms with van der Waals surface area (Å²) in [4.78, 5) is 11.9. The number of nitrogens with zero attached hydrogens (tertiary/aromatic N) is 3. The number of thioether (sulfide) groups is 1. The Morgan fingerprint density at radius 1 is 1.42 bits per heavy atom. The van der Waals surface area contributed by atoms with Crippen molar-refractivity contribution in [3.05, 3.63) is 48.3 Å². The van der Waals surface area contributed by atoms with E-state index in [0.29, 0.717) is 17.5 Å². The predicted octanol–water partition coefficient (Wildman–Crippen LogP) is 2.62. The van der Waals surface area contributed by atoms with Gasteiger partial charge < -0.3 is 14.6 Å². The second-order valence-corrected chi connectivity index (χ2v) is 5.61. The van der Waals surface area contributed by atoms with E-state index >= 15 is 0 Å². The molecule has 24 heavy (non-hydrogen) atoms. The van der Waals surface area contributed by atoms with E-state index in [1.165, 1.54) is 13.2 Å². The van der Waals surface area contributed by atoms with Gasteiger partial charge in [0, 0.05) is 13.7 Å². The van der Waals surface area contributed by atoms with Gasteiger partial charge in [-0.2, -0.15) is 0 Å². The molecule has 2 rings (SSSR count). The molecule has 1 aromatic heterocycles. The monoisotopic (exact) mass is 354 g/mol. The van der Waals surface area contributed by atoms with Crippen molar-refractivity contribution in [2.45, 2.75) is 18.3 Å². The number of benzene rings is 1.